The van der Waals surface area contributed by atoms with E-state index in [4.69, 9.17) is 17.4 Å². The van der Waals surface area contributed by atoms with E-state index >= 15 is 0 Å². The van der Waals surface area contributed by atoms with E-state index < -0.39 is 40.3 Å². The molecule has 6 rings (SSSR count). The van der Waals surface area contributed by atoms with E-state index in [1.165, 1.54) is 11.0 Å². The van der Waals surface area contributed by atoms with Gasteiger partial charge in [-0.15, -0.1) is 12.6 Å². The lowest BCUT2D eigenvalue weighted by atomic mass is 10.0. The summed E-state index contributed by atoms with van der Waals surface area (Å²) in [6.45, 7) is 10.9. The van der Waals surface area contributed by atoms with Gasteiger partial charge in [-0.2, -0.15) is 18.4 Å². The molecule has 0 saturated carbocycles. The third-order valence-electron chi connectivity index (χ3n) is 10.8. The molecular formula is C41H47F3N8O5S. The number of thiol groups is 1. The van der Waals surface area contributed by atoms with Gasteiger partial charge in [0.2, 0.25) is 17.7 Å². The van der Waals surface area contributed by atoms with Gasteiger partial charge in [0.05, 0.1) is 23.7 Å². The molecule has 4 amide bonds. The standard InChI is InChI=1S/C41H47F3N8O5S/c1-5-26-19-31(52-39(58)51(38(56)40(52,3)4)30-10-9-27(22-45)32(21-30)41(42,43)44)11-13-34(26)57-18-17-49-15-16-50(25(2)23-49)24-36(54)47-29-8-6-7-28(20-29)46-33-12-14-35(53)48-37(33)55/h6-11,13,19-21,25,33,39,46,58H,5,12,14-18,23-24H2,1-4H3,(H,47,54)(H,48,53,55)/t25-,33-,39+/m1/s1. The lowest BCUT2D eigenvalue weighted by Gasteiger charge is -2.39. The topological polar surface area (TPSA) is 150 Å². The van der Waals surface area contributed by atoms with Gasteiger partial charge in [0.1, 0.15) is 23.9 Å². The van der Waals surface area contributed by atoms with Crippen molar-refractivity contribution in [2.45, 2.75) is 76.3 Å². The second-order valence-electron chi connectivity index (χ2n) is 15.2. The fourth-order valence-corrected chi connectivity index (χ4v) is 8.32. The largest absolute Gasteiger partial charge is 0.492 e. The number of anilines is 4. The van der Waals surface area contributed by atoms with Crippen molar-refractivity contribution in [3.8, 4) is 11.8 Å². The molecule has 3 aromatic rings. The fourth-order valence-electron chi connectivity index (χ4n) is 7.66. The van der Waals surface area contributed by atoms with Crippen molar-refractivity contribution < 1.29 is 37.1 Å². The number of hydrogen-bond donors (Lipinski definition) is 4. The molecule has 3 saturated heterocycles. The Hall–Kier alpha value is -5.31. The highest BCUT2D eigenvalue weighted by atomic mass is 32.1. The van der Waals surface area contributed by atoms with E-state index in [1.54, 1.807) is 49.1 Å². The van der Waals surface area contributed by atoms with Crippen molar-refractivity contribution in [3.05, 3.63) is 77.4 Å². The maximum atomic E-state index is 13.8. The number of amides is 4. The van der Waals surface area contributed by atoms with Gasteiger partial charge in [0.25, 0.3) is 5.91 Å². The Balaban J connectivity index is 1.01. The number of imide groups is 1. The number of nitrogens with one attached hydrogen (secondary N) is 3. The summed E-state index contributed by atoms with van der Waals surface area (Å²) in [5.74, 6) is -0.558. The summed E-state index contributed by atoms with van der Waals surface area (Å²) < 4.78 is 47.6. The molecule has 3 aliphatic heterocycles. The van der Waals surface area contributed by atoms with Gasteiger partial charge in [-0.05, 0) is 93.8 Å². The molecule has 0 bridgehead atoms. The third-order valence-corrected chi connectivity index (χ3v) is 11.3. The quantitative estimate of drug-likeness (QED) is 0.142. The first kappa shape index (κ1) is 42.3. The molecule has 308 valence electrons. The average Bonchev–Trinajstić information content (AvgIpc) is 3.35. The number of hydrogen-bond acceptors (Lipinski definition) is 11. The Kier molecular flexibility index (Phi) is 12.6. The minimum absolute atomic E-state index is 0.00940. The average molecular weight is 821 g/mol. The van der Waals surface area contributed by atoms with Gasteiger partial charge in [0.15, 0.2) is 5.50 Å². The molecule has 0 unspecified atom stereocenters. The summed E-state index contributed by atoms with van der Waals surface area (Å²) in [7, 11) is 0. The third kappa shape index (κ3) is 9.19. The van der Waals surface area contributed by atoms with Crippen LogP contribution in [0.4, 0.5) is 35.9 Å². The maximum absolute atomic E-state index is 13.8. The fraction of sp³-hybridized carbons (Fsp3) is 0.439. The Bertz CT molecular complexity index is 2110. The van der Waals surface area contributed by atoms with E-state index in [0.29, 0.717) is 55.3 Å². The number of carbonyl (C=O) groups is 4. The molecule has 3 aromatic carbocycles. The van der Waals surface area contributed by atoms with Gasteiger partial charge in [0, 0.05) is 61.4 Å². The molecule has 0 aromatic heterocycles. The zero-order valence-corrected chi connectivity index (χ0v) is 33.6. The highest BCUT2D eigenvalue weighted by molar-refractivity contribution is 7.81. The predicted octanol–water partition coefficient (Wildman–Crippen LogP) is 5.23. The van der Waals surface area contributed by atoms with Crippen molar-refractivity contribution in [1.82, 2.24) is 15.1 Å². The lowest BCUT2D eigenvalue weighted by molar-refractivity contribution is -0.138. The van der Waals surface area contributed by atoms with Crippen LogP contribution in [0.25, 0.3) is 0 Å². The minimum Gasteiger partial charge on any atom is -0.492 e. The number of piperazine rings is 1. The summed E-state index contributed by atoms with van der Waals surface area (Å²) in [5, 5.41) is 17.7. The SMILES string of the molecule is CCc1cc(N2[C@@H](S)N(c3ccc(C#N)c(C(F)(F)F)c3)C(=O)C2(C)C)ccc1OCCN1CCN(CC(=O)Nc2cccc(N[C@@H]3CCC(=O)NC3=O)c2)[C@H](C)C1. The van der Waals surface area contributed by atoms with Crippen LogP contribution in [0.3, 0.4) is 0 Å². The molecule has 3 atom stereocenters. The van der Waals surface area contributed by atoms with Crippen molar-refractivity contribution in [3.63, 3.8) is 0 Å². The van der Waals surface area contributed by atoms with Crippen LogP contribution in [0.15, 0.2) is 60.7 Å². The maximum Gasteiger partial charge on any atom is 0.417 e. The summed E-state index contributed by atoms with van der Waals surface area (Å²) in [6.07, 6.45) is -3.50. The molecule has 3 aliphatic rings. The molecule has 0 spiro atoms. The predicted molar refractivity (Wildman–Crippen MR) is 217 cm³/mol. The van der Waals surface area contributed by atoms with Gasteiger partial charge in [-0.25, -0.2) is 0 Å². The van der Waals surface area contributed by atoms with Crippen LogP contribution in [-0.4, -0.2) is 95.9 Å². The number of nitriles is 1. The number of piperidine rings is 1. The Morgan fingerprint density at radius 1 is 1.05 bits per heavy atom. The zero-order valence-electron chi connectivity index (χ0n) is 32.7. The number of halogens is 3. The molecule has 17 heteroatoms. The molecule has 3 N–H and O–H groups in total. The van der Waals surface area contributed by atoms with Crippen molar-refractivity contribution in [2.75, 3.05) is 59.8 Å². The number of alkyl halides is 3. The summed E-state index contributed by atoms with van der Waals surface area (Å²) >= 11 is 4.72. The first-order valence-electron chi connectivity index (χ1n) is 19.1. The molecular weight excluding hydrogens is 774 g/mol. The molecule has 3 heterocycles. The monoisotopic (exact) mass is 820 g/mol. The second kappa shape index (κ2) is 17.3. The number of aryl methyl sites for hydroxylation is 1. The van der Waals surface area contributed by atoms with Crippen LogP contribution >= 0.6 is 12.6 Å². The van der Waals surface area contributed by atoms with E-state index in [0.717, 1.165) is 30.8 Å². The van der Waals surface area contributed by atoms with Crippen LogP contribution in [0.2, 0.25) is 0 Å². The van der Waals surface area contributed by atoms with E-state index in [1.807, 2.05) is 25.1 Å². The van der Waals surface area contributed by atoms with Crippen LogP contribution in [0, 0.1) is 11.3 Å². The number of ether oxygens (including phenoxy) is 1. The van der Waals surface area contributed by atoms with Crippen molar-refractivity contribution in [1.29, 1.82) is 5.26 Å². The molecule has 0 radical (unpaired) electrons. The smallest absolute Gasteiger partial charge is 0.417 e. The first-order chi connectivity index (χ1) is 27.5. The van der Waals surface area contributed by atoms with Crippen LogP contribution in [0.5, 0.6) is 5.75 Å². The molecule has 3 fully saturated rings. The normalized spacial score (nSPS) is 21.4. The number of rotatable bonds is 12. The first-order valence-corrected chi connectivity index (χ1v) is 19.7. The molecule has 0 aliphatic carbocycles. The Morgan fingerprint density at radius 2 is 1.79 bits per heavy atom. The van der Waals surface area contributed by atoms with Gasteiger partial charge < -0.3 is 20.3 Å². The second-order valence-corrected chi connectivity index (χ2v) is 15.6. The van der Waals surface area contributed by atoms with Crippen molar-refractivity contribution >= 4 is 59.0 Å². The van der Waals surface area contributed by atoms with E-state index in [-0.39, 0.29) is 42.4 Å². The van der Waals surface area contributed by atoms with E-state index in [9.17, 15) is 37.6 Å². The summed E-state index contributed by atoms with van der Waals surface area (Å²) in [6, 6.07) is 17.1. The van der Waals surface area contributed by atoms with Crippen LogP contribution in [0.1, 0.15) is 57.2 Å². The minimum atomic E-state index is -4.78. The molecule has 58 heavy (non-hydrogen) atoms. The van der Waals surface area contributed by atoms with Gasteiger partial charge in [-0.1, -0.05) is 13.0 Å². The highest BCUT2D eigenvalue weighted by Crippen LogP contribution is 2.43. The number of carbonyl (C=O) groups excluding carboxylic acids is 4. The van der Waals surface area contributed by atoms with Gasteiger partial charge in [-0.3, -0.25) is 39.2 Å². The Morgan fingerprint density at radius 3 is 2.48 bits per heavy atom. The van der Waals surface area contributed by atoms with Crippen LogP contribution < -0.4 is 30.5 Å². The Labute approximate surface area is 340 Å². The van der Waals surface area contributed by atoms with Gasteiger partial charge >= 0.3 is 6.18 Å². The summed E-state index contributed by atoms with van der Waals surface area (Å²) in [4.78, 5) is 57.7. The van der Waals surface area contributed by atoms with Crippen LogP contribution in [-0.2, 0) is 31.8 Å². The lowest BCUT2D eigenvalue weighted by Crippen LogP contribution is -2.54. The number of benzene rings is 3. The highest BCUT2D eigenvalue weighted by Gasteiger charge is 2.52. The molecule has 13 nitrogen and oxygen atoms in total. The van der Waals surface area contributed by atoms with E-state index in [2.05, 4.69) is 32.7 Å². The number of nitrogens with zero attached hydrogens (tertiary/aromatic N) is 5. The zero-order chi connectivity index (χ0) is 41.9. The summed E-state index contributed by atoms with van der Waals surface area (Å²) in [5.41, 5.74) is -0.941. The van der Waals surface area contributed by atoms with Crippen molar-refractivity contribution in [2.24, 2.45) is 0 Å².